The molecule has 0 bridgehead atoms. The monoisotopic (exact) mass is 342 g/mol. The zero-order valence-electron chi connectivity index (χ0n) is 11.6. The van der Waals surface area contributed by atoms with Crippen molar-refractivity contribution in [1.29, 1.82) is 0 Å². The van der Waals surface area contributed by atoms with Crippen LogP contribution in [-0.4, -0.2) is 10.9 Å². The second-order valence-electron chi connectivity index (χ2n) is 4.99. The Morgan fingerprint density at radius 1 is 1.14 bits per heavy atom. The van der Waals surface area contributed by atoms with E-state index in [2.05, 4.69) is 26.2 Å². The number of aromatic amines is 1. The highest BCUT2D eigenvalue weighted by atomic mass is 79.9. The topological polar surface area (TPSA) is 44.9 Å². The SMILES string of the molecule is CC(NC(=O)c1cc2ccccc2[nH]1)c1ccccc1Br. The number of fused-ring (bicyclic) bond motifs is 1. The van der Waals surface area contributed by atoms with Gasteiger partial charge in [-0.15, -0.1) is 0 Å². The molecule has 21 heavy (non-hydrogen) atoms. The van der Waals surface area contributed by atoms with E-state index in [4.69, 9.17) is 0 Å². The third-order valence-corrected chi connectivity index (χ3v) is 4.22. The summed E-state index contributed by atoms with van der Waals surface area (Å²) < 4.78 is 0.995. The Labute approximate surface area is 131 Å². The van der Waals surface area contributed by atoms with Gasteiger partial charge in [0.2, 0.25) is 0 Å². The van der Waals surface area contributed by atoms with Crippen LogP contribution in [-0.2, 0) is 0 Å². The summed E-state index contributed by atoms with van der Waals surface area (Å²) in [4.78, 5) is 15.5. The van der Waals surface area contributed by atoms with Gasteiger partial charge in [0, 0.05) is 15.4 Å². The zero-order chi connectivity index (χ0) is 14.8. The first kappa shape index (κ1) is 13.9. The van der Waals surface area contributed by atoms with Gasteiger partial charge in [0.05, 0.1) is 6.04 Å². The second kappa shape index (κ2) is 5.74. The number of benzene rings is 2. The number of rotatable bonds is 3. The predicted octanol–water partition coefficient (Wildman–Crippen LogP) is 4.42. The average Bonchev–Trinajstić information content (AvgIpc) is 2.91. The van der Waals surface area contributed by atoms with E-state index in [0.717, 1.165) is 20.9 Å². The van der Waals surface area contributed by atoms with E-state index in [1.807, 2.05) is 61.5 Å². The maximum absolute atomic E-state index is 12.4. The molecule has 106 valence electrons. The van der Waals surface area contributed by atoms with E-state index >= 15 is 0 Å². The van der Waals surface area contributed by atoms with Crippen LogP contribution in [0.15, 0.2) is 59.1 Å². The van der Waals surface area contributed by atoms with Crippen molar-refractivity contribution < 1.29 is 4.79 Å². The number of H-pyrrole nitrogens is 1. The van der Waals surface area contributed by atoms with Crippen LogP contribution in [0.3, 0.4) is 0 Å². The van der Waals surface area contributed by atoms with Crippen molar-refractivity contribution in [2.24, 2.45) is 0 Å². The summed E-state index contributed by atoms with van der Waals surface area (Å²) >= 11 is 3.51. The third-order valence-electron chi connectivity index (χ3n) is 3.49. The van der Waals surface area contributed by atoms with Crippen LogP contribution < -0.4 is 5.32 Å². The number of para-hydroxylation sites is 1. The minimum Gasteiger partial charge on any atom is -0.351 e. The molecular weight excluding hydrogens is 328 g/mol. The summed E-state index contributed by atoms with van der Waals surface area (Å²) in [6, 6.07) is 17.6. The molecule has 4 heteroatoms. The van der Waals surface area contributed by atoms with E-state index in [0.29, 0.717) is 5.69 Å². The maximum Gasteiger partial charge on any atom is 0.268 e. The molecule has 1 amide bonds. The van der Waals surface area contributed by atoms with Gasteiger partial charge in [-0.3, -0.25) is 4.79 Å². The number of hydrogen-bond acceptors (Lipinski definition) is 1. The molecular formula is C17H15BrN2O. The van der Waals surface area contributed by atoms with Crippen LogP contribution >= 0.6 is 15.9 Å². The van der Waals surface area contributed by atoms with Crippen LogP contribution in [0.5, 0.6) is 0 Å². The fraction of sp³-hybridized carbons (Fsp3) is 0.118. The number of halogens is 1. The average molecular weight is 343 g/mol. The first-order valence-electron chi connectivity index (χ1n) is 6.78. The molecule has 3 rings (SSSR count). The van der Waals surface area contributed by atoms with Crippen molar-refractivity contribution >= 4 is 32.7 Å². The van der Waals surface area contributed by atoms with Crippen LogP contribution in [0, 0.1) is 0 Å². The van der Waals surface area contributed by atoms with Crippen molar-refractivity contribution in [2.75, 3.05) is 0 Å². The highest BCUT2D eigenvalue weighted by molar-refractivity contribution is 9.10. The highest BCUT2D eigenvalue weighted by Gasteiger charge is 2.15. The first-order valence-corrected chi connectivity index (χ1v) is 7.57. The fourth-order valence-electron chi connectivity index (χ4n) is 2.37. The largest absolute Gasteiger partial charge is 0.351 e. The quantitative estimate of drug-likeness (QED) is 0.726. The molecule has 0 spiro atoms. The van der Waals surface area contributed by atoms with Gasteiger partial charge in [-0.05, 0) is 30.7 Å². The van der Waals surface area contributed by atoms with E-state index in [9.17, 15) is 4.79 Å². The van der Waals surface area contributed by atoms with Crippen molar-refractivity contribution in [3.8, 4) is 0 Å². The molecule has 3 nitrogen and oxygen atoms in total. The van der Waals surface area contributed by atoms with Crippen LogP contribution in [0.25, 0.3) is 10.9 Å². The molecule has 0 fully saturated rings. The predicted molar refractivity (Wildman–Crippen MR) is 88.3 cm³/mol. The molecule has 0 aliphatic heterocycles. The summed E-state index contributed by atoms with van der Waals surface area (Å²) in [6.07, 6.45) is 0. The summed E-state index contributed by atoms with van der Waals surface area (Å²) in [5.74, 6) is -0.102. The molecule has 1 heterocycles. The number of carbonyl (C=O) groups is 1. The summed E-state index contributed by atoms with van der Waals surface area (Å²) in [5, 5.41) is 4.05. The van der Waals surface area contributed by atoms with Gasteiger partial charge in [-0.25, -0.2) is 0 Å². The molecule has 1 aromatic heterocycles. The molecule has 2 aromatic carbocycles. The van der Waals surface area contributed by atoms with Crippen LogP contribution in [0.1, 0.15) is 29.0 Å². The summed E-state index contributed by atoms with van der Waals surface area (Å²) in [7, 11) is 0. The summed E-state index contributed by atoms with van der Waals surface area (Å²) in [5.41, 5.74) is 2.60. The highest BCUT2D eigenvalue weighted by Crippen LogP contribution is 2.23. The summed E-state index contributed by atoms with van der Waals surface area (Å²) in [6.45, 7) is 1.97. The van der Waals surface area contributed by atoms with Gasteiger partial charge in [0.15, 0.2) is 0 Å². The minimum atomic E-state index is -0.102. The molecule has 1 unspecified atom stereocenters. The molecule has 0 saturated heterocycles. The van der Waals surface area contributed by atoms with Gasteiger partial charge in [-0.1, -0.05) is 52.3 Å². The molecule has 2 N–H and O–H groups in total. The van der Waals surface area contributed by atoms with Crippen LogP contribution in [0.4, 0.5) is 0 Å². The number of carbonyl (C=O) groups excluding carboxylic acids is 1. The fourth-order valence-corrected chi connectivity index (χ4v) is 3.00. The van der Waals surface area contributed by atoms with Gasteiger partial charge >= 0.3 is 0 Å². The van der Waals surface area contributed by atoms with E-state index in [1.165, 1.54) is 0 Å². The van der Waals surface area contributed by atoms with Crippen molar-refractivity contribution in [2.45, 2.75) is 13.0 Å². The van der Waals surface area contributed by atoms with Crippen LogP contribution in [0.2, 0.25) is 0 Å². The van der Waals surface area contributed by atoms with Crippen molar-refractivity contribution in [1.82, 2.24) is 10.3 Å². The van der Waals surface area contributed by atoms with E-state index in [1.54, 1.807) is 0 Å². The lowest BCUT2D eigenvalue weighted by Crippen LogP contribution is -2.27. The Morgan fingerprint density at radius 2 is 1.86 bits per heavy atom. The van der Waals surface area contributed by atoms with E-state index in [-0.39, 0.29) is 11.9 Å². The lowest BCUT2D eigenvalue weighted by molar-refractivity contribution is 0.0935. The number of hydrogen-bond donors (Lipinski definition) is 2. The first-order chi connectivity index (χ1) is 10.1. The third kappa shape index (κ3) is 2.85. The molecule has 3 aromatic rings. The number of aromatic nitrogens is 1. The van der Waals surface area contributed by atoms with Gasteiger partial charge in [0.1, 0.15) is 5.69 Å². The molecule has 0 aliphatic rings. The second-order valence-corrected chi connectivity index (χ2v) is 5.84. The Balaban J connectivity index is 1.81. The van der Waals surface area contributed by atoms with Gasteiger partial charge < -0.3 is 10.3 Å². The Bertz CT molecular complexity index is 761. The maximum atomic E-state index is 12.4. The van der Waals surface area contributed by atoms with Crippen molar-refractivity contribution in [3.05, 3.63) is 70.3 Å². The normalized spacial score (nSPS) is 12.3. The smallest absolute Gasteiger partial charge is 0.268 e. The Morgan fingerprint density at radius 3 is 2.62 bits per heavy atom. The molecule has 0 saturated carbocycles. The standard InChI is InChI=1S/C17H15BrN2O/c1-11(13-7-3-4-8-14(13)18)19-17(21)16-10-12-6-2-5-9-15(12)20-16/h2-11,20H,1H3,(H,19,21). The minimum absolute atomic E-state index is 0.0699. The molecule has 0 radical (unpaired) electrons. The lowest BCUT2D eigenvalue weighted by Gasteiger charge is -2.15. The molecule has 0 aliphatic carbocycles. The number of amides is 1. The Kier molecular flexibility index (Phi) is 3.80. The van der Waals surface area contributed by atoms with Gasteiger partial charge in [0.25, 0.3) is 5.91 Å². The van der Waals surface area contributed by atoms with E-state index < -0.39 is 0 Å². The molecule has 1 atom stereocenters. The Hall–Kier alpha value is -2.07. The van der Waals surface area contributed by atoms with Gasteiger partial charge in [-0.2, -0.15) is 0 Å². The zero-order valence-corrected chi connectivity index (χ0v) is 13.1. The van der Waals surface area contributed by atoms with Crippen molar-refractivity contribution in [3.63, 3.8) is 0 Å². The number of nitrogens with one attached hydrogen (secondary N) is 2. The lowest BCUT2D eigenvalue weighted by atomic mass is 10.1.